The molecule has 2 aromatic carbocycles. The van der Waals surface area contributed by atoms with Crippen LogP contribution in [-0.4, -0.2) is 17.5 Å². The quantitative estimate of drug-likeness (QED) is 0.612. The SMILES string of the molecule is CCCC1=NNC(=O)/C1=C1/C=C(Sc2ccc(NC(C)=O)cc2)c2ccccc2N1. The number of carbonyl (C=O) groups is 2. The maximum absolute atomic E-state index is 12.5. The summed E-state index contributed by atoms with van der Waals surface area (Å²) in [4.78, 5) is 25.8. The molecule has 2 aromatic rings. The van der Waals surface area contributed by atoms with E-state index >= 15 is 0 Å². The summed E-state index contributed by atoms with van der Waals surface area (Å²) >= 11 is 1.62. The van der Waals surface area contributed by atoms with Crippen LogP contribution < -0.4 is 16.1 Å². The monoisotopic (exact) mass is 418 g/mol. The van der Waals surface area contributed by atoms with Crippen molar-refractivity contribution < 1.29 is 9.59 Å². The molecule has 0 atom stereocenters. The second-order valence-corrected chi connectivity index (χ2v) is 8.14. The molecule has 30 heavy (non-hydrogen) atoms. The number of nitrogens with zero attached hydrogens (tertiary/aromatic N) is 1. The van der Waals surface area contributed by atoms with E-state index in [9.17, 15) is 9.59 Å². The van der Waals surface area contributed by atoms with Gasteiger partial charge in [0.05, 0.1) is 17.0 Å². The molecule has 2 aliphatic heterocycles. The van der Waals surface area contributed by atoms with Crippen molar-refractivity contribution in [3.63, 3.8) is 0 Å². The van der Waals surface area contributed by atoms with Crippen LogP contribution in [0.4, 0.5) is 11.4 Å². The van der Waals surface area contributed by atoms with Gasteiger partial charge in [-0.3, -0.25) is 9.59 Å². The molecule has 0 radical (unpaired) electrons. The Labute approximate surface area is 179 Å². The average Bonchev–Trinajstić information content (AvgIpc) is 3.09. The number of rotatable bonds is 5. The fourth-order valence-electron chi connectivity index (χ4n) is 3.41. The number of thioether (sulfide) groups is 1. The van der Waals surface area contributed by atoms with Crippen molar-refractivity contribution in [2.75, 3.05) is 10.6 Å². The van der Waals surface area contributed by atoms with Gasteiger partial charge in [-0.15, -0.1) is 0 Å². The van der Waals surface area contributed by atoms with Crippen molar-refractivity contribution in [3.8, 4) is 0 Å². The van der Waals surface area contributed by atoms with Gasteiger partial charge in [-0.05, 0) is 42.8 Å². The number of hydrogen-bond acceptors (Lipinski definition) is 5. The second kappa shape index (κ2) is 8.59. The molecule has 0 saturated heterocycles. The molecule has 0 bridgehead atoms. The lowest BCUT2D eigenvalue weighted by molar-refractivity contribution is -0.116. The Morgan fingerprint density at radius 1 is 1.13 bits per heavy atom. The smallest absolute Gasteiger partial charge is 0.275 e. The summed E-state index contributed by atoms with van der Waals surface area (Å²) in [6.07, 6.45) is 3.66. The van der Waals surface area contributed by atoms with Crippen LogP contribution in [0.1, 0.15) is 32.3 Å². The summed E-state index contributed by atoms with van der Waals surface area (Å²) in [5.74, 6) is -0.276. The van der Waals surface area contributed by atoms with Crippen LogP contribution in [0.15, 0.2) is 75.9 Å². The summed E-state index contributed by atoms with van der Waals surface area (Å²) < 4.78 is 0. The minimum absolute atomic E-state index is 0.0963. The number of para-hydroxylation sites is 1. The van der Waals surface area contributed by atoms with E-state index in [-0.39, 0.29) is 11.8 Å². The normalized spacial score (nSPS) is 17.5. The standard InChI is InChI=1S/C23H22N4O2S/c1-3-6-19-22(23(29)27-26-19)20-13-21(17-7-4-5-8-18(17)25-20)30-16-11-9-15(10-12-16)24-14(2)28/h4-5,7-13,25H,3,6H2,1-2H3,(H,24,28)(H,27,29)/b22-20-. The predicted octanol–water partition coefficient (Wildman–Crippen LogP) is 4.74. The molecule has 3 N–H and O–H groups in total. The zero-order chi connectivity index (χ0) is 21.1. The summed E-state index contributed by atoms with van der Waals surface area (Å²) in [7, 11) is 0. The Hall–Kier alpha value is -3.32. The molecule has 6 nitrogen and oxygen atoms in total. The molecule has 0 fully saturated rings. The fraction of sp³-hybridized carbons (Fsp3) is 0.174. The first-order valence-corrected chi connectivity index (χ1v) is 10.6. The van der Waals surface area contributed by atoms with Crippen LogP contribution in [0.25, 0.3) is 4.91 Å². The van der Waals surface area contributed by atoms with Crippen molar-refractivity contribution in [2.24, 2.45) is 5.10 Å². The van der Waals surface area contributed by atoms with Crippen LogP contribution in [-0.2, 0) is 9.59 Å². The number of nitrogens with one attached hydrogen (secondary N) is 3. The van der Waals surface area contributed by atoms with Crippen molar-refractivity contribution in [3.05, 3.63) is 71.4 Å². The Balaban J connectivity index is 1.71. The van der Waals surface area contributed by atoms with Gasteiger partial charge in [-0.25, -0.2) is 5.43 Å². The number of hydrogen-bond donors (Lipinski definition) is 3. The lowest BCUT2D eigenvalue weighted by Crippen LogP contribution is -2.19. The van der Waals surface area contributed by atoms with Gasteiger partial charge in [0.2, 0.25) is 5.91 Å². The number of amides is 2. The summed E-state index contributed by atoms with van der Waals surface area (Å²) in [5.41, 5.74) is 7.52. The largest absolute Gasteiger partial charge is 0.354 e. The van der Waals surface area contributed by atoms with Crippen molar-refractivity contribution in [1.29, 1.82) is 0 Å². The van der Waals surface area contributed by atoms with Crippen molar-refractivity contribution in [2.45, 2.75) is 31.6 Å². The van der Waals surface area contributed by atoms with E-state index in [0.717, 1.165) is 51.0 Å². The zero-order valence-electron chi connectivity index (χ0n) is 16.8. The van der Waals surface area contributed by atoms with Gasteiger partial charge < -0.3 is 10.6 Å². The third kappa shape index (κ3) is 4.16. The van der Waals surface area contributed by atoms with Crippen molar-refractivity contribution in [1.82, 2.24) is 5.43 Å². The molecular formula is C23H22N4O2S. The number of hydrazone groups is 1. The molecule has 4 rings (SSSR count). The highest BCUT2D eigenvalue weighted by Crippen LogP contribution is 2.42. The third-order valence-corrected chi connectivity index (χ3v) is 5.77. The van der Waals surface area contributed by atoms with Crippen LogP contribution in [0.5, 0.6) is 0 Å². The Bertz CT molecular complexity index is 1100. The molecule has 0 saturated carbocycles. The summed E-state index contributed by atoms with van der Waals surface area (Å²) in [6, 6.07) is 15.7. The maximum atomic E-state index is 12.5. The molecule has 2 amide bonds. The molecule has 0 aliphatic carbocycles. The lowest BCUT2D eigenvalue weighted by atomic mass is 10.0. The van der Waals surface area contributed by atoms with Gasteiger partial charge in [0.25, 0.3) is 5.91 Å². The first kappa shape index (κ1) is 20.0. The molecule has 0 spiro atoms. The van der Waals surface area contributed by atoms with Crippen LogP contribution in [0.2, 0.25) is 0 Å². The topological polar surface area (TPSA) is 82.6 Å². The molecule has 0 aromatic heterocycles. The lowest BCUT2D eigenvalue weighted by Gasteiger charge is -2.22. The first-order valence-electron chi connectivity index (χ1n) is 9.80. The molecule has 7 heteroatoms. The van der Waals surface area contributed by atoms with Gasteiger partial charge in [0.1, 0.15) is 0 Å². The summed E-state index contributed by atoms with van der Waals surface area (Å²) in [6.45, 7) is 3.56. The average molecular weight is 419 g/mol. The van der Waals surface area contributed by atoms with Gasteiger partial charge in [-0.2, -0.15) is 5.10 Å². The maximum Gasteiger partial charge on any atom is 0.275 e. The molecule has 2 heterocycles. The van der Waals surface area contributed by atoms with Crippen LogP contribution >= 0.6 is 11.8 Å². The zero-order valence-corrected chi connectivity index (χ0v) is 17.6. The predicted molar refractivity (Wildman–Crippen MR) is 122 cm³/mol. The van der Waals surface area contributed by atoms with Crippen LogP contribution in [0, 0.1) is 0 Å². The molecule has 0 unspecified atom stereocenters. The van der Waals surface area contributed by atoms with E-state index in [1.54, 1.807) is 11.8 Å². The van der Waals surface area contributed by atoms with E-state index in [0.29, 0.717) is 5.57 Å². The van der Waals surface area contributed by atoms with Gasteiger partial charge >= 0.3 is 0 Å². The highest BCUT2D eigenvalue weighted by Gasteiger charge is 2.28. The Kier molecular flexibility index (Phi) is 5.72. The number of fused-ring (bicyclic) bond motifs is 1. The second-order valence-electron chi connectivity index (χ2n) is 7.02. The number of allylic oxidation sites excluding steroid dienone is 1. The van der Waals surface area contributed by atoms with Crippen LogP contribution in [0.3, 0.4) is 0 Å². The van der Waals surface area contributed by atoms with E-state index in [1.807, 2.05) is 48.5 Å². The fourth-order valence-corrected chi connectivity index (χ4v) is 4.40. The number of benzene rings is 2. The third-order valence-electron chi connectivity index (χ3n) is 4.70. The minimum atomic E-state index is -0.180. The van der Waals surface area contributed by atoms with E-state index in [1.165, 1.54) is 6.92 Å². The first-order chi connectivity index (χ1) is 14.5. The number of anilines is 2. The number of carbonyl (C=O) groups excluding carboxylic acids is 2. The van der Waals surface area contributed by atoms with Gasteiger partial charge in [-0.1, -0.05) is 43.3 Å². The Morgan fingerprint density at radius 3 is 2.63 bits per heavy atom. The highest BCUT2D eigenvalue weighted by atomic mass is 32.2. The van der Waals surface area contributed by atoms with E-state index in [4.69, 9.17) is 0 Å². The van der Waals surface area contributed by atoms with Gasteiger partial charge in [0, 0.05) is 33.7 Å². The molecular weight excluding hydrogens is 396 g/mol. The van der Waals surface area contributed by atoms with E-state index in [2.05, 4.69) is 34.2 Å². The minimum Gasteiger partial charge on any atom is -0.354 e. The molecule has 152 valence electrons. The van der Waals surface area contributed by atoms with E-state index < -0.39 is 0 Å². The summed E-state index contributed by atoms with van der Waals surface area (Å²) in [5, 5.41) is 10.4. The highest BCUT2D eigenvalue weighted by molar-refractivity contribution is 8.08. The van der Waals surface area contributed by atoms with Crippen molar-refractivity contribution >= 4 is 45.6 Å². The molecule has 2 aliphatic rings. The Morgan fingerprint density at radius 2 is 1.90 bits per heavy atom. The van der Waals surface area contributed by atoms with Gasteiger partial charge in [0.15, 0.2) is 0 Å².